The normalized spacial score (nSPS) is 11.8. The fourth-order valence-electron chi connectivity index (χ4n) is 2.54. The first-order valence-corrected chi connectivity index (χ1v) is 9.02. The Balaban J connectivity index is 1.56. The summed E-state index contributed by atoms with van der Waals surface area (Å²) in [5, 5.41) is 7.15. The summed E-state index contributed by atoms with van der Waals surface area (Å²) in [4.78, 5) is 12.4. The molecule has 0 radical (unpaired) electrons. The average molecular weight is 383 g/mol. The van der Waals surface area contributed by atoms with Crippen LogP contribution in [0.2, 0.25) is 0 Å². The molecule has 2 aromatic carbocycles. The first-order chi connectivity index (χ1) is 13.0. The number of aromatic nitrogens is 2. The van der Waals surface area contributed by atoms with Crippen molar-refractivity contribution in [2.75, 3.05) is 0 Å². The summed E-state index contributed by atoms with van der Waals surface area (Å²) < 4.78 is 12.4. The van der Waals surface area contributed by atoms with Gasteiger partial charge in [0.2, 0.25) is 5.91 Å². The highest BCUT2D eigenvalue weighted by Crippen LogP contribution is 2.14. The van der Waals surface area contributed by atoms with Crippen molar-refractivity contribution in [1.29, 1.82) is 0 Å². The third-order valence-electron chi connectivity index (χ3n) is 4.00. The maximum atomic E-state index is 12.3. The van der Waals surface area contributed by atoms with Crippen LogP contribution >= 0.6 is 12.2 Å². The van der Waals surface area contributed by atoms with Gasteiger partial charge in [0.1, 0.15) is 12.3 Å². The Morgan fingerprint density at radius 1 is 1.22 bits per heavy atom. The van der Waals surface area contributed by atoms with Crippen molar-refractivity contribution in [2.24, 2.45) is 0 Å². The summed E-state index contributed by atoms with van der Waals surface area (Å²) in [6, 6.07) is 17.3. The second kappa shape index (κ2) is 8.64. The molecule has 7 heteroatoms. The molecule has 27 heavy (non-hydrogen) atoms. The monoisotopic (exact) mass is 383 g/mol. The fraction of sp³-hybridized carbons (Fsp3) is 0.250. The molecule has 6 nitrogen and oxygen atoms in total. The minimum Gasteiger partial charge on any atom is -0.484 e. The Hall–Kier alpha value is -2.93. The summed E-state index contributed by atoms with van der Waals surface area (Å²) in [6.07, 6.45) is 0. The number of benzene rings is 2. The van der Waals surface area contributed by atoms with E-state index in [-0.39, 0.29) is 29.9 Å². The van der Waals surface area contributed by atoms with Gasteiger partial charge in [0.05, 0.1) is 6.04 Å². The van der Waals surface area contributed by atoms with E-state index in [2.05, 4.69) is 10.4 Å². The van der Waals surface area contributed by atoms with Crippen LogP contribution in [0.15, 0.2) is 59.0 Å². The SMILES string of the molecule is Cc1ccc(OCc2nn(CC(=O)N[C@H](C)c3ccccc3)c(=S)o2)cc1. The minimum absolute atomic E-state index is 0.00988. The van der Waals surface area contributed by atoms with E-state index in [1.165, 1.54) is 4.68 Å². The van der Waals surface area contributed by atoms with E-state index < -0.39 is 0 Å². The van der Waals surface area contributed by atoms with Crippen LogP contribution in [0.3, 0.4) is 0 Å². The maximum absolute atomic E-state index is 12.3. The van der Waals surface area contributed by atoms with E-state index in [1.807, 2.05) is 68.4 Å². The molecule has 1 aromatic heterocycles. The van der Waals surface area contributed by atoms with Crippen molar-refractivity contribution < 1.29 is 13.9 Å². The Kier molecular flexibility index (Phi) is 6.03. The van der Waals surface area contributed by atoms with Crippen LogP contribution < -0.4 is 10.1 Å². The standard InChI is InChI=1S/C20H21N3O3S/c1-14-8-10-17(11-9-14)25-13-19-22-23(20(27)26-19)12-18(24)21-15(2)16-6-4-3-5-7-16/h3-11,15H,12-13H2,1-2H3,(H,21,24)/t15-/m1/s1. The topological polar surface area (TPSA) is 69.3 Å². The largest absolute Gasteiger partial charge is 0.484 e. The number of nitrogens with one attached hydrogen (secondary N) is 1. The number of nitrogens with zero attached hydrogens (tertiary/aromatic N) is 2. The van der Waals surface area contributed by atoms with Gasteiger partial charge in [-0.05, 0) is 43.8 Å². The summed E-state index contributed by atoms with van der Waals surface area (Å²) in [5.41, 5.74) is 2.18. The molecule has 0 spiro atoms. The van der Waals surface area contributed by atoms with Gasteiger partial charge >= 0.3 is 0 Å². The number of amides is 1. The van der Waals surface area contributed by atoms with Crippen molar-refractivity contribution in [3.8, 4) is 5.75 Å². The third-order valence-corrected chi connectivity index (χ3v) is 4.30. The van der Waals surface area contributed by atoms with Crippen molar-refractivity contribution in [3.05, 3.63) is 76.5 Å². The van der Waals surface area contributed by atoms with Gasteiger partial charge in [-0.25, -0.2) is 4.68 Å². The fourth-order valence-corrected chi connectivity index (χ4v) is 2.74. The molecule has 0 aliphatic heterocycles. The van der Waals surface area contributed by atoms with Crippen LogP contribution in [0.1, 0.15) is 30.0 Å². The van der Waals surface area contributed by atoms with Gasteiger partial charge in [-0.1, -0.05) is 48.0 Å². The minimum atomic E-state index is -0.193. The summed E-state index contributed by atoms with van der Waals surface area (Å²) in [7, 11) is 0. The smallest absolute Gasteiger partial charge is 0.287 e. The molecule has 0 saturated heterocycles. The maximum Gasteiger partial charge on any atom is 0.287 e. The zero-order chi connectivity index (χ0) is 19.2. The van der Waals surface area contributed by atoms with Gasteiger partial charge in [0.25, 0.3) is 10.7 Å². The van der Waals surface area contributed by atoms with Crippen molar-refractivity contribution in [2.45, 2.75) is 33.0 Å². The quantitative estimate of drug-likeness (QED) is 0.625. The van der Waals surface area contributed by atoms with Gasteiger partial charge in [0.15, 0.2) is 6.61 Å². The van der Waals surface area contributed by atoms with Crippen molar-refractivity contribution in [1.82, 2.24) is 15.1 Å². The highest BCUT2D eigenvalue weighted by atomic mass is 32.1. The number of aryl methyl sites for hydroxylation is 1. The second-order valence-electron chi connectivity index (χ2n) is 6.22. The molecule has 1 N–H and O–H groups in total. The van der Waals surface area contributed by atoms with Crippen molar-refractivity contribution >= 4 is 18.1 Å². The molecule has 3 aromatic rings. The summed E-state index contributed by atoms with van der Waals surface area (Å²) >= 11 is 5.14. The highest BCUT2D eigenvalue weighted by molar-refractivity contribution is 7.71. The first kappa shape index (κ1) is 18.8. The number of carbonyl (C=O) groups excluding carboxylic acids is 1. The summed E-state index contributed by atoms with van der Waals surface area (Å²) in [6.45, 7) is 4.07. The predicted molar refractivity (Wildman–Crippen MR) is 104 cm³/mol. The van der Waals surface area contributed by atoms with Gasteiger partial charge in [-0.2, -0.15) is 0 Å². The second-order valence-corrected chi connectivity index (χ2v) is 6.57. The van der Waals surface area contributed by atoms with E-state index in [0.29, 0.717) is 11.6 Å². The molecule has 1 atom stereocenters. The lowest BCUT2D eigenvalue weighted by Gasteiger charge is -2.13. The molecule has 0 aliphatic carbocycles. The van der Waals surface area contributed by atoms with Gasteiger partial charge < -0.3 is 14.5 Å². The van der Waals surface area contributed by atoms with Crippen LogP contribution in [-0.4, -0.2) is 15.7 Å². The number of hydrogen-bond acceptors (Lipinski definition) is 5. The molecule has 0 bridgehead atoms. The molecule has 1 heterocycles. The molecule has 3 rings (SSSR count). The van der Waals surface area contributed by atoms with E-state index >= 15 is 0 Å². The first-order valence-electron chi connectivity index (χ1n) is 8.62. The lowest BCUT2D eigenvalue weighted by atomic mass is 10.1. The number of rotatable bonds is 7. The molecule has 0 fully saturated rings. The van der Waals surface area contributed by atoms with E-state index in [1.54, 1.807) is 0 Å². The Morgan fingerprint density at radius 3 is 2.63 bits per heavy atom. The number of ether oxygens (including phenoxy) is 1. The van der Waals surface area contributed by atoms with Gasteiger partial charge in [-0.3, -0.25) is 4.79 Å². The Bertz CT molecular complexity index is 949. The van der Waals surface area contributed by atoms with Crippen LogP contribution in [0, 0.1) is 11.8 Å². The van der Waals surface area contributed by atoms with Crippen LogP contribution in [0.25, 0.3) is 0 Å². The van der Waals surface area contributed by atoms with Crippen LogP contribution in [0.4, 0.5) is 0 Å². The Morgan fingerprint density at radius 2 is 1.93 bits per heavy atom. The molecule has 0 aliphatic rings. The zero-order valence-corrected chi connectivity index (χ0v) is 16.0. The van der Waals surface area contributed by atoms with Gasteiger partial charge in [-0.15, -0.1) is 5.10 Å². The zero-order valence-electron chi connectivity index (χ0n) is 15.2. The van der Waals surface area contributed by atoms with Crippen LogP contribution in [0.5, 0.6) is 5.75 Å². The third kappa shape index (κ3) is 5.27. The number of hydrogen-bond donors (Lipinski definition) is 1. The molecule has 0 unspecified atom stereocenters. The number of carbonyl (C=O) groups is 1. The van der Waals surface area contributed by atoms with E-state index in [9.17, 15) is 4.79 Å². The van der Waals surface area contributed by atoms with Gasteiger partial charge in [0, 0.05) is 0 Å². The van der Waals surface area contributed by atoms with Crippen molar-refractivity contribution in [3.63, 3.8) is 0 Å². The molecule has 140 valence electrons. The molecular weight excluding hydrogens is 362 g/mol. The molecule has 0 saturated carbocycles. The highest BCUT2D eigenvalue weighted by Gasteiger charge is 2.13. The van der Waals surface area contributed by atoms with Crippen LogP contribution in [-0.2, 0) is 17.9 Å². The van der Waals surface area contributed by atoms with E-state index in [4.69, 9.17) is 21.4 Å². The predicted octanol–water partition coefficient (Wildman–Crippen LogP) is 3.97. The summed E-state index contributed by atoms with van der Waals surface area (Å²) in [5.74, 6) is 0.844. The Labute approximate surface area is 162 Å². The lowest BCUT2D eigenvalue weighted by Crippen LogP contribution is -2.30. The van der Waals surface area contributed by atoms with E-state index in [0.717, 1.165) is 11.1 Å². The lowest BCUT2D eigenvalue weighted by molar-refractivity contribution is -0.122. The average Bonchev–Trinajstić information content (AvgIpc) is 3.01. The molecule has 1 amide bonds. The molecular formula is C20H21N3O3S.